The van der Waals surface area contributed by atoms with E-state index < -0.39 is 13.7 Å². The van der Waals surface area contributed by atoms with Gasteiger partial charge in [0.1, 0.15) is 42.3 Å². The Balaban J connectivity index is 0.000000172. The van der Waals surface area contributed by atoms with Crippen molar-refractivity contribution in [2.45, 2.75) is 124 Å². The van der Waals surface area contributed by atoms with Gasteiger partial charge in [-0.1, -0.05) is 95.1 Å². The molecule has 0 aliphatic carbocycles. The van der Waals surface area contributed by atoms with Crippen LogP contribution in [0.5, 0.6) is 0 Å². The first-order valence-corrected chi connectivity index (χ1v) is 33.3. The third-order valence-electron chi connectivity index (χ3n) is 18.9. The summed E-state index contributed by atoms with van der Waals surface area (Å²) in [5, 5.41) is 0. The van der Waals surface area contributed by atoms with Gasteiger partial charge in [0.15, 0.2) is 34.2 Å². The Kier molecular flexibility index (Phi) is 22.7. The highest BCUT2D eigenvalue weighted by atomic mass is 15.0. The third-order valence-corrected chi connectivity index (χ3v) is 18.9. The molecule has 0 saturated carbocycles. The van der Waals surface area contributed by atoms with Crippen molar-refractivity contribution in [3.63, 3.8) is 0 Å². The van der Waals surface area contributed by atoms with Crippen LogP contribution in [0.4, 0.5) is 0 Å². The number of nitrogens with zero attached hydrogens (tertiary/aromatic N) is 6. The van der Waals surface area contributed by atoms with Gasteiger partial charge in [0.05, 0.1) is 0 Å². The number of hydrogen-bond acceptors (Lipinski definition) is 0. The van der Waals surface area contributed by atoms with Gasteiger partial charge in [-0.2, -0.15) is 27.4 Å². The van der Waals surface area contributed by atoms with Gasteiger partial charge in [-0.05, 0) is 200 Å². The Hall–Kier alpha value is -9.78. The Labute approximate surface area is 586 Å². The van der Waals surface area contributed by atoms with Gasteiger partial charge in [0, 0.05) is 156 Å². The van der Waals surface area contributed by atoms with Crippen LogP contribution in [0.3, 0.4) is 0 Å². The Morgan fingerprint density at radius 3 is 0.781 bits per heavy atom. The first-order chi connectivity index (χ1) is 48.0. The highest BCUT2D eigenvalue weighted by molar-refractivity contribution is 5.66. The third kappa shape index (κ3) is 18.4. The molecule has 6 nitrogen and oxygen atoms in total. The van der Waals surface area contributed by atoms with Gasteiger partial charge >= 0.3 is 0 Å². The van der Waals surface area contributed by atoms with E-state index in [0.717, 1.165) is 45.0 Å². The van der Waals surface area contributed by atoms with Crippen LogP contribution in [0, 0.1) is 124 Å². The number of rotatable bonds is 6. The zero-order valence-electron chi connectivity index (χ0n) is 67.5. The van der Waals surface area contributed by atoms with Crippen LogP contribution < -0.4 is 27.4 Å². The molecule has 0 bridgehead atoms. The number of pyridine rings is 6. The molecule has 0 amide bonds. The summed E-state index contributed by atoms with van der Waals surface area (Å²) in [6.07, 6.45) is 0. The minimum absolute atomic E-state index is 0.393. The number of hydrogen-bond donors (Lipinski definition) is 0. The summed E-state index contributed by atoms with van der Waals surface area (Å²) < 4.78 is 58.3. The lowest BCUT2D eigenvalue weighted by molar-refractivity contribution is -0.666. The van der Waals surface area contributed by atoms with Crippen molar-refractivity contribution in [1.82, 2.24) is 0 Å². The summed E-state index contributed by atoms with van der Waals surface area (Å²) in [7, 11) is 12.5. The van der Waals surface area contributed by atoms with E-state index in [4.69, 9.17) is 8.22 Å². The molecule has 12 rings (SSSR count). The van der Waals surface area contributed by atoms with Gasteiger partial charge < -0.3 is 0 Å². The van der Waals surface area contributed by atoms with E-state index in [1.165, 1.54) is 112 Å². The van der Waals surface area contributed by atoms with Crippen molar-refractivity contribution in [1.29, 1.82) is 0 Å². The van der Waals surface area contributed by atoms with Crippen LogP contribution in [0.1, 0.15) is 109 Å². The van der Waals surface area contributed by atoms with Gasteiger partial charge in [-0.3, -0.25) is 0 Å². The molecule has 0 fully saturated rings. The van der Waals surface area contributed by atoms with Gasteiger partial charge in [-0.25, -0.2) is 0 Å². The van der Waals surface area contributed by atoms with E-state index in [1.54, 1.807) is 18.2 Å². The normalized spacial score (nSPS) is 11.7. The van der Waals surface area contributed by atoms with Crippen LogP contribution >= 0.6 is 0 Å². The molecule has 6 aromatic carbocycles. The summed E-state index contributed by atoms with van der Waals surface area (Å²) in [6, 6.07) is 75.0. The monoisotopic (exact) mass is 1280 g/mol. The summed E-state index contributed by atoms with van der Waals surface area (Å²) in [5.74, 6) is 0. The predicted octanol–water partition coefficient (Wildman–Crippen LogP) is 18.6. The van der Waals surface area contributed by atoms with Crippen molar-refractivity contribution in [3.05, 3.63) is 319 Å². The van der Waals surface area contributed by atoms with Gasteiger partial charge in [0.25, 0.3) is 0 Å². The van der Waals surface area contributed by atoms with Crippen LogP contribution in [0.15, 0.2) is 218 Å². The van der Waals surface area contributed by atoms with E-state index in [1.807, 2.05) is 83.4 Å². The largest absolute Gasteiger partial charge is 0.212 e. The van der Waals surface area contributed by atoms with Crippen molar-refractivity contribution in [2.24, 2.45) is 42.3 Å². The molecule has 96 heavy (non-hydrogen) atoms. The summed E-state index contributed by atoms with van der Waals surface area (Å²) >= 11 is 0. The second-order valence-electron chi connectivity index (χ2n) is 25.9. The molecule has 492 valence electrons. The van der Waals surface area contributed by atoms with E-state index in [-0.39, 0.29) is 0 Å². The maximum Gasteiger partial charge on any atom is 0.212 e. The molecule has 6 heterocycles. The lowest BCUT2D eigenvalue weighted by Crippen LogP contribution is -2.34. The molecule has 0 saturated heterocycles. The number of aryl methyl sites for hydroxylation is 16. The first-order valence-electron chi connectivity index (χ1n) is 36.3. The van der Waals surface area contributed by atoms with E-state index in [0.29, 0.717) is 11.1 Å². The lowest BCUT2D eigenvalue weighted by atomic mass is 10.00. The molecule has 0 unspecified atom stereocenters. The standard InChI is InChI=1S/6C15H18N/c2*1-11-7-5-9-14(13(11)3)15-10-6-8-12(2)16(15)4;2*1-11-8-9-14(12(2)10-11)15-7-5-6-13(3)16(15)4;2*1-11-8-9-12(2)14(10-11)15-7-5-6-13(3)16(15)4/h6*5-10H,1-4H3/q6*+1/i1D3;;1D3;;;. The van der Waals surface area contributed by atoms with Crippen molar-refractivity contribution < 1.29 is 35.6 Å². The predicted molar refractivity (Wildman–Crippen MR) is 404 cm³/mol. The fourth-order valence-corrected chi connectivity index (χ4v) is 11.8. The Morgan fingerprint density at radius 1 is 0.198 bits per heavy atom. The molecular formula is C90H108N6+6. The molecule has 0 aliphatic heterocycles. The quantitative estimate of drug-likeness (QED) is 0.148. The summed E-state index contributed by atoms with van der Waals surface area (Å²) in [4.78, 5) is 0. The lowest BCUT2D eigenvalue weighted by Gasteiger charge is -2.07. The fraction of sp³-hybridized carbons (Fsp3) is 0.267. The first kappa shape index (κ1) is 64.9. The average molecular weight is 1280 g/mol. The van der Waals surface area contributed by atoms with Crippen molar-refractivity contribution in [3.8, 4) is 67.5 Å². The Morgan fingerprint density at radius 2 is 0.458 bits per heavy atom. The van der Waals surface area contributed by atoms with Crippen LogP contribution in [0.25, 0.3) is 67.5 Å². The zero-order chi connectivity index (χ0) is 75.2. The molecular weight excluding hydrogens is 1170 g/mol. The second-order valence-corrected chi connectivity index (χ2v) is 25.9. The van der Waals surface area contributed by atoms with Crippen LogP contribution in [0.2, 0.25) is 0 Å². The minimum atomic E-state index is -2.07. The molecule has 12 aromatic rings. The molecule has 0 atom stereocenters. The maximum absolute atomic E-state index is 7.60. The second kappa shape index (κ2) is 33.6. The molecule has 6 aromatic heterocycles. The maximum atomic E-state index is 7.60. The Bertz CT molecular complexity index is 4700. The van der Waals surface area contributed by atoms with Crippen molar-refractivity contribution >= 4 is 0 Å². The smallest absolute Gasteiger partial charge is 0.199 e. The fourth-order valence-electron chi connectivity index (χ4n) is 11.8. The van der Waals surface area contributed by atoms with Crippen molar-refractivity contribution in [2.75, 3.05) is 0 Å². The highest BCUT2D eigenvalue weighted by Gasteiger charge is 2.20. The van der Waals surface area contributed by atoms with Crippen LogP contribution in [-0.2, 0) is 42.3 Å². The number of aromatic nitrogens is 6. The SMILES string of the molecule is Cc1ccc(-c2cccc(C)[n+]2C)c(C)c1.Cc1ccc(C)c(-c2cccc(C)[n+]2C)c1.Cc1ccc(C)c(-c2cccc(C)[n+]2C)c1.Cc1cccc(-c2cccc(C)[n+]2C)c1C.[2H]C([2H])([2H])c1ccc(-c2cccc(C)[n+]2C)c(C)c1.[2H]C([2H])([2H])c1cccc(-c2cccc(C)[n+]2C)c1C. The average Bonchev–Trinajstić information content (AvgIpc) is 0.822. The summed E-state index contributed by atoms with van der Waals surface area (Å²) in [5.41, 5.74) is 35.2. The topological polar surface area (TPSA) is 23.3 Å². The molecule has 6 heteroatoms. The molecule has 0 aliphatic rings. The summed E-state index contributed by atoms with van der Waals surface area (Å²) in [6.45, 7) is 29.6. The highest BCUT2D eigenvalue weighted by Crippen LogP contribution is 2.27. The van der Waals surface area contributed by atoms with Gasteiger partial charge in [0.2, 0.25) is 34.2 Å². The minimum Gasteiger partial charge on any atom is -0.199 e. The van der Waals surface area contributed by atoms with Gasteiger partial charge in [-0.15, -0.1) is 0 Å². The molecule has 0 spiro atoms. The van der Waals surface area contributed by atoms with E-state index in [9.17, 15) is 0 Å². The molecule has 0 radical (unpaired) electrons. The zero-order valence-corrected chi connectivity index (χ0v) is 61.5. The molecule has 0 N–H and O–H groups in total. The van der Waals surface area contributed by atoms with E-state index >= 15 is 0 Å². The van der Waals surface area contributed by atoms with E-state index in [2.05, 4.69) is 297 Å². The van der Waals surface area contributed by atoms with Crippen LogP contribution in [-0.4, -0.2) is 0 Å². The number of benzene rings is 6.